The minimum absolute atomic E-state index is 0.802. The van der Waals surface area contributed by atoms with E-state index in [2.05, 4.69) is 19.1 Å². The van der Waals surface area contributed by atoms with Crippen LogP contribution in [-0.2, 0) is 6.42 Å². The van der Waals surface area contributed by atoms with Crippen LogP contribution in [0.2, 0.25) is 0 Å². The fourth-order valence-corrected chi connectivity index (χ4v) is 2.04. The number of aryl methyl sites for hydroxylation is 1. The summed E-state index contributed by atoms with van der Waals surface area (Å²) in [4.78, 5) is 0. The molecule has 0 saturated carbocycles. The maximum atomic E-state index is 5.62. The van der Waals surface area contributed by atoms with Crippen molar-refractivity contribution < 1.29 is 0 Å². The summed E-state index contributed by atoms with van der Waals surface area (Å²) in [5, 5.41) is 0. The average Bonchev–Trinajstić information content (AvgIpc) is 2.53. The Morgan fingerprint density at radius 3 is 1.32 bits per heavy atom. The molecule has 3 aromatic rings. The Balaban J connectivity index is 0.000000211. The van der Waals surface area contributed by atoms with E-state index in [1.165, 1.54) is 16.7 Å². The van der Waals surface area contributed by atoms with Crippen molar-refractivity contribution in [1.29, 1.82) is 0 Å². The second-order valence-electron chi connectivity index (χ2n) is 5.31. The first-order chi connectivity index (χ1) is 10.6. The predicted molar refractivity (Wildman–Crippen MR) is 95.7 cm³/mol. The summed E-state index contributed by atoms with van der Waals surface area (Å²) in [5.74, 6) is 0. The molecule has 2 heteroatoms. The van der Waals surface area contributed by atoms with Crippen molar-refractivity contribution in [3.05, 3.63) is 95.6 Å². The van der Waals surface area contributed by atoms with Crippen molar-refractivity contribution in [2.75, 3.05) is 11.5 Å². The highest BCUT2D eigenvalue weighted by Gasteiger charge is 1.95. The summed E-state index contributed by atoms with van der Waals surface area (Å²) in [6.45, 7) is 2.08. The highest BCUT2D eigenvalue weighted by atomic mass is 14.5. The van der Waals surface area contributed by atoms with Crippen molar-refractivity contribution in [2.24, 2.45) is 0 Å². The summed E-state index contributed by atoms with van der Waals surface area (Å²) in [6, 6.07) is 26.1. The van der Waals surface area contributed by atoms with Gasteiger partial charge in [0.15, 0.2) is 0 Å². The molecule has 0 aliphatic rings. The lowest BCUT2D eigenvalue weighted by Gasteiger charge is -2.02. The lowest BCUT2D eigenvalue weighted by atomic mass is 10.0. The minimum atomic E-state index is 0.802. The Hall–Kier alpha value is -2.74. The van der Waals surface area contributed by atoms with Crippen LogP contribution in [0, 0.1) is 6.92 Å². The molecule has 0 radical (unpaired) electrons. The zero-order chi connectivity index (χ0) is 15.8. The monoisotopic (exact) mass is 290 g/mol. The van der Waals surface area contributed by atoms with Crippen LogP contribution in [0.25, 0.3) is 0 Å². The molecule has 0 unspecified atom stereocenters. The van der Waals surface area contributed by atoms with Crippen LogP contribution in [0.1, 0.15) is 16.7 Å². The lowest BCUT2D eigenvalue weighted by molar-refractivity contribution is 1.19. The molecule has 0 amide bonds. The van der Waals surface area contributed by atoms with Crippen molar-refractivity contribution in [1.82, 2.24) is 0 Å². The van der Waals surface area contributed by atoms with Crippen molar-refractivity contribution >= 4 is 11.4 Å². The normalized spacial score (nSPS) is 9.68. The van der Waals surface area contributed by atoms with Gasteiger partial charge in [-0.15, -0.1) is 0 Å². The second kappa shape index (κ2) is 7.89. The highest BCUT2D eigenvalue weighted by molar-refractivity contribution is 5.43. The largest absolute Gasteiger partial charge is 0.399 e. The molecule has 0 aromatic heterocycles. The molecule has 0 atom stereocenters. The Labute approximate surface area is 132 Å². The number of rotatable bonds is 2. The van der Waals surface area contributed by atoms with Gasteiger partial charge in [-0.2, -0.15) is 0 Å². The van der Waals surface area contributed by atoms with E-state index in [9.17, 15) is 0 Å². The van der Waals surface area contributed by atoms with Crippen molar-refractivity contribution in [3.8, 4) is 0 Å². The summed E-state index contributed by atoms with van der Waals surface area (Å²) >= 11 is 0. The number of hydrogen-bond donors (Lipinski definition) is 2. The molecule has 0 bridgehead atoms. The maximum Gasteiger partial charge on any atom is 0.0314 e. The van der Waals surface area contributed by atoms with Gasteiger partial charge in [0.2, 0.25) is 0 Å². The molecule has 0 saturated heterocycles. The Bertz CT molecular complexity index is 628. The van der Waals surface area contributed by atoms with Gasteiger partial charge >= 0.3 is 0 Å². The molecule has 0 spiro atoms. The van der Waals surface area contributed by atoms with Crippen LogP contribution < -0.4 is 11.5 Å². The smallest absolute Gasteiger partial charge is 0.0314 e. The topological polar surface area (TPSA) is 52.0 Å². The molecule has 4 N–H and O–H groups in total. The Kier molecular flexibility index (Phi) is 5.61. The van der Waals surface area contributed by atoms with Crippen LogP contribution in [0.15, 0.2) is 78.9 Å². The molecular weight excluding hydrogens is 268 g/mol. The molecule has 112 valence electrons. The van der Waals surface area contributed by atoms with Gasteiger partial charge in [0, 0.05) is 11.4 Å². The molecular formula is C20H22N2. The molecule has 0 fully saturated rings. The minimum Gasteiger partial charge on any atom is -0.399 e. The van der Waals surface area contributed by atoms with Crippen LogP contribution in [0.4, 0.5) is 11.4 Å². The van der Waals surface area contributed by atoms with Crippen LogP contribution in [0.5, 0.6) is 0 Å². The van der Waals surface area contributed by atoms with Gasteiger partial charge in [-0.25, -0.2) is 0 Å². The van der Waals surface area contributed by atoms with Gasteiger partial charge in [0.05, 0.1) is 0 Å². The Morgan fingerprint density at radius 1 is 0.591 bits per heavy atom. The predicted octanol–water partition coefficient (Wildman–Crippen LogP) is 4.44. The molecule has 0 aliphatic carbocycles. The van der Waals surface area contributed by atoms with Gasteiger partial charge in [0.1, 0.15) is 0 Å². The fraction of sp³-hybridized carbons (Fsp3) is 0.100. The zero-order valence-electron chi connectivity index (χ0n) is 12.9. The summed E-state index contributed by atoms with van der Waals surface area (Å²) in [7, 11) is 0. The molecule has 2 nitrogen and oxygen atoms in total. The van der Waals surface area contributed by atoms with E-state index in [4.69, 9.17) is 11.5 Å². The lowest BCUT2D eigenvalue weighted by Crippen LogP contribution is -1.90. The van der Waals surface area contributed by atoms with Crippen LogP contribution in [-0.4, -0.2) is 0 Å². The summed E-state index contributed by atoms with van der Waals surface area (Å²) in [6.07, 6.45) is 0.917. The van der Waals surface area contributed by atoms with E-state index in [0.717, 1.165) is 17.8 Å². The van der Waals surface area contributed by atoms with Gasteiger partial charge in [-0.3, -0.25) is 0 Å². The van der Waals surface area contributed by atoms with Crippen molar-refractivity contribution in [2.45, 2.75) is 13.3 Å². The molecule has 0 aliphatic heterocycles. The zero-order valence-corrected chi connectivity index (χ0v) is 12.9. The third-order valence-electron chi connectivity index (χ3n) is 3.31. The molecule has 3 aromatic carbocycles. The van der Waals surface area contributed by atoms with Crippen LogP contribution >= 0.6 is 0 Å². The SMILES string of the molecule is Cc1ccccc1.Nc1ccc(Cc2ccc(N)cc2)cc1. The summed E-state index contributed by atoms with van der Waals surface area (Å²) < 4.78 is 0. The third kappa shape index (κ3) is 5.33. The van der Waals surface area contributed by atoms with Gasteiger partial charge in [-0.1, -0.05) is 60.2 Å². The van der Waals surface area contributed by atoms with E-state index in [1.807, 2.05) is 66.7 Å². The van der Waals surface area contributed by atoms with Gasteiger partial charge < -0.3 is 11.5 Å². The van der Waals surface area contributed by atoms with E-state index < -0.39 is 0 Å². The van der Waals surface area contributed by atoms with E-state index in [0.29, 0.717) is 0 Å². The van der Waals surface area contributed by atoms with Gasteiger partial charge in [0.25, 0.3) is 0 Å². The fourth-order valence-electron chi connectivity index (χ4n) is 2.04. The first-order valence-electron chi connectivity index (χ1n) is 7.34. The summed E-state index contributed by atoms with van der Waals surface area (Å²) in [5.41, 5.74) is 16.7. The number of benzene rings is 3. The first kappa shape index (κ1) is 15.6. The first-order valence-corrected chi connectivity index (χ1v) is 7.34. The maximum absolute atomic E-state index is 5.62. The Morgan fingerprint density at radius 2 is 1.00 bits per heavy atom. The van der Waals surface area contributed by atoms with E-state index in [-0.39, 0.29) is 0 Å². The number of nitrogen functional groups attached to an aromatic ring is 2. The quantitative estimate of drug-likeness (QED) is 0.686. The number of anilines is 2. The number of nitrogens with two attached hydrogens (primary N) is 2. The third-order valence-corrected chi connectivity index (χ3v) is 3.31. The standard InChI is InChI=1S/C13H14N2.C7H8/c14-12-5-1-10(2-6-12)9-11-3-7-13(15)8-4-11;1-7-5-3-2-4-6-7/h1-8H,9,14-15H2;2-6H,1H3. The molecule has 0 heterocycles. The molecule has 3 rings (SSSR count). The average molecular weight is 290 g/mol. The molecule has 22 heavy (non-hydrogen) atoms. The van der Waals surface area contributed by atoms with Crippen LogP contribution in [0.3, 0.4) is 0 Å². The van der Waals surface area contributed by atoms with E-state index >= 15 is 0 Å². The highest BCUT2D eigenvalue weighted by Crippen LogP contribution is 2.13. The van der Waals surface area contributed by atoms with Gasteiger partial charge in [-0.05, 0) is 48.7 Å². The van der Waals surface area contributed by atoms with E-state index in [1.54, 1.807) is 0 Å². The number of hydrogen-bond acceptors (Lipinski definition) is 2. The van der Waals surface area contributed by atoms with Crippen molar-refractivity contribution in [3.63, 3.8) is 0 Å². The second-order valence-corrected chi connectivity index (χ2v) is 5.31.